The van der Waals surface area contributed by atoms with Crippen molar-refractivity contribution in [2.24, 2.45) is 0 Å². The molecule has 204 valence electrons. The zero-order chi connectivity index (χ0) is 27.2. The average Bonchev–Trinajstić information content (AvgIpc) is 2.95. The molecule has 1 fully saturated rings. The summed E-state index contributed by atoms with van der Waals surface area (Å²) in [7, 11) is -3.95. The van der Waals surface area contributed by atoms with Gasteiger partial charge in [-0.3, -0.25) is 4.18 Å². The maximum Gasteiger partial charge on any atom is 0.297 e. The third-order valence-corrected chi connectivity index (χ3v) is 7.68. The molecule has 2 atom stereocenters. The summed E-state index contributed by atoms with van der Waals surface area (Å²) in [4.78, 5) is 8.94. The maximum absolute atomic E-state index is 12.7. The largest absolute Gasteiger partial charge is 0.491 e. The molecule has 4 aromatic rings. The smallest absolute Gasteiger partial charge is 0.297 e. The predicted molar refractivity (Wildman–Crippen MR) is 148 cm³/mol. The van der Waals surface area contributed by atoms with Crippen LogP contribution in [0.5, 0.6) is 5.75 Å². The molecule has 5 rings (SSSR count). The molecule has 9 nitrogen and oxygen atoms in total. The molecule has 2 aromatic heterocycles. The molecule has 1 aliphatic rings. The highest BCUT2D eigenvalue weighted by atomic mass is 32.2. The van der Waals surface area contributed by atoms with Crippen molar-refractivity contribution in [3.8, 4) is 17.0 Å². The first-order valence-electron chi connectivity index (χ1n) is 12.8. The number of rotatable bonds is 10. The van der Waals surface area contributed by atoms with Gasteiger partial charge in [0.15, 0.2) is 6.29 Å². The molecule has 0 amide bonds. The highest BCUT2D eigenvalue weighted by Gasteiger charge is 2.24. The number of nitrogens with zero attached hydrogens (tertiary/aromatic N) is 2. The van der Waals surface area contributed by atoms with Gasteiger partial charge in [0, 0.05) is 23.8 Å². The van der Waals surface area contributed by atoms with Crippen LogP contribution in [-0.2, 0) is 23.8 Å². The second-order valence-corrected chi connectivity index (χ2v) is 11.1. The summed E-state index contributed by atoms with van der Waals surface area (Å²) in [6.07, 6.45) is 3.28. The monoisotopic (exact) mass is 549 g/mol. The Balaban J connectivity index is 1.27. The Hall–Kier alpha value is -3.57. The molecular formula is C29H31N3O6S. The number of aryl methyl sites for hydroxylation is 1. The van der Waals surface area contributed by atoms with Crippen LogP contribution in [0.2, 0.25) is 0 Å². The molecule has 0 aliphatic carbocycles. The van der Waals surface area contributed by atoms with Gasteiger partial charge in [-0.15, -0.1) is 0 Å². The minimum atomic E-state index is -3.95. The minimum absolute atomic E-state index is 0.0808. The fourth-order valence-electron chi connectivity index (χ4n) is 4.20. The van der Waals surface area contributed by atoms with Crippen molar-refractivity contribution < 1.29 is 26.8 Å². The Bertz CT molecular complexity index is 1500. The van der Waals surface area contributed by atoms with Gasteiger partial charge < -0.3 is 19.9 Å². The van der Waals surface area contributed by atoms with Crippen LogP contribution in [0.3, 0.4) is 0 Å². The number of hydrogen-bond acceptors (Lipinski definition) is 9. The van der Waals surface area contributed by atoms with Crippen LogP contribution in [-0.4, -0.2) is 50.6 Å². The van der Waals surface area contributed by atoms with Crippen LogP contribution in [0.25, 0.3) is 22.2 Å². The quantitative estimate of drug-likeness (QED) is 0.276. The van der Waals surface area contributed by atoms with E-state index in [9.17, 15) is 8.42 Å². The van der Waals surface area contributed by atoms with Crippen molar-refractivity contribution in [3.05, 3.63) is 78.5 Å². The molecule has 1 saturated heterocycles. The molecule has 2 unspecified atom stereocenters. The lowest BCUT2D eigenvalue weighted by atomic mass is 10.1. The van der Waals surface area contributed by atoms with Gasteiger partial charge in [0.1, 0.15) is 24.3 Å². The molecule has 3 heterocycles. The molecule has 0 saturated carbocycles. The topological polar surface area (TPSA) is 123 Å². The van der Waals surface area contributed by atoms with Crippen LogP contribution in [0, 0.1) is 6.92 Å². The van der Waals surface area contributed by atoms with Crippen molar-refractivity contribution in [3.63, 3.8) is 0 Å². The lowest BCUT2D eigenvalue weighted by Gasteiger charge is -2.27. The van der Waals surface area contributed by atoms with Crippen molar-refractivity contribution in [2.45, 2.75) is 43.5 Å². The Kier molecular flexibility index (Phi) is 8.37. The Morgan fingerprint density at radius 2 is 1.87 bits per heavy atom. The molecule has 0 bridgehead atoms. The number of nitrogens with two attached hydrogens (primary N) is 1. The van der Waals surface area contributed by atoms with Crippen molar-refractivity contribution in [1.29, 1.82) is 0 Å². The SMILES string of the molecule is Cc1ccc(S(=O)(=O)OCC(COc2ccc3nc(-c4ccc(N)nc4)ccc3c2)OC2CCCCO2)cc1. The van der Waals surface area contributed by atoms with Gasteiger partial charge in [0.2, 0.25) is 0 Å². The third-order valence-electron chi connectivity index (χ3n) is 6.38. The first-order valence-corrected chi connectivity index (χ1v) is 14.3. The summed E-state index contributed by atoms with van der Waals surface area (Å²) in [5.74, 6) is 1.06. The van der Waals surface area contributed by atoms with E-state index in [1.165, 1.54) is 12.1 Å². The van der Waals surface area contributed by atoms with Crippen LogP contribution < -0.4 is 10.5 Å². The lowest BCUT2D eigenvalue weighted by molar-refractivity contribution is -0.198. The van der Waals surface area contributed by atoms with E-state index >= 15 is 0 Å². The number of fused-ring (bicyclic) bond motifs is 1. The number of pyridine rings is 2. The molecule has 0 spiro atoms. The molecule has 10 heteroatoms. The van der Waals surface area contributed by atoms with E-state index in [0.29, 0.717) is 18.2 Å². The zero-order valence-electron chi connectivity index (χ0n) is 21.7. The first kappa shape index (κ1) is 27.0. The van der Waals surface area contributed by atoms with Crippen LogP contribution >= 0.6 is 0 Å². The predicted octanol–water partition coefficient (Wildman–Crippen LogP) is 4.88. The number of nitrogen functional groups attached to an aromatic ring is 1. The molecular weight excluding hydrogens is 518 g/mol. The van der Waals surface area contributed by atoms with Gasteiger partial charge in [-0.05, 0) is 74.7 Å². The van der Waals surface area contributed by atoms with Gasteiger partial charge in [-0.25, -0.2) is 9.97 Å². The zero-order valence-corrected chi connectivity index (χ0v) is 22.5. The lowest BCUT2D eigenvalue weighted by Crippen LogP contribution is -2.35. The number of anilines is 1. The van der Waals surface area contributed by atoms with Crippen molar-refractivity contribution in [1.82, 2.24) is 9.97 Å². The second-order valence-electron chi connectivity index (χ2n) is 9.44. The Labute approximate surface area is 228 Å². The number of ether oxygens (including phenoxy) is 3. The normalized spacial score (nSPS) is 16.7. The molecule has 2 N–H and O–H groups in total. The minimum Gasteiger partial charge on any atom is -0.491 e. The summed E-state index contributed by atoms with van der Waals surface area (Å²) < 4.78 is 48.6. The summed E-state index contributed by atoms with van der Waals surface area (Å²) >= 11 is 0. The molecule has 39 heavy (non-hydrogen) atoms. The highest BCUT2D eigenvalue weighted by Crippen LogP contribution is 2.25. The highest BCUT2D eigenvalue weighted by molar-refractivity contribution is 7.86. The summed E-state index contributed by atoms with van der Waals surface area (Å²) in [6.45, 7) is 2.37. The maximum atomic E-state index is 12.7. The second kappa shape index (κ2) is 12.1. The summed E-state index contributed by atoms with van der Waals surface area (Å²) in [5.41, 5.74) is 9.11. The molecule has 0 radical (unpaired) electrons. The third kappa shape index (κ3) is 7.10. The van der Waals surface area contributed by atoms with Gasteiger partial charge in [-0.1, -0.05) is 23.8 Å². The van der Waals surface area contributed by atoms with E-state index in [1.54, 1.807) is 24.4 Å². The summed E-state index contributed by atoms with van der Waals surface area (Å²) in [6, 6.07) is 19.6. The fraction of sp³-hybridized carbons (Fsp3) is 0.310. The fourth-order valence-corrected chi connectivity index (χ4v) is 5.13. The number of hydrogen-bond donors (Lipinski definition) is 1. The Morgan fingerprint density at radius 1 is 1.03 bits per heavy atom. The van der Waals surface area contributed by atoms with E-state index in [2.05, 4.69) is 4.98 Å². The van der Waals surface area contributed by atoms with Crippen LogP contribution in [0.4, 0.5) is 5.82 Å². The van der Waals surface area contributed by atoms with Crippen molar-refractivity contribution in [2.75, 3.05) is 25.6 Å². The van der Waals surface area contributed by atoms with E-state index in [-0.39, 0.29) is 18.1 Å². The van der Waals surface area contributed by atoms with Gasteiger partial charge in [0.25, 0.3) is 10.1 Å². The number of benzene rings is 2. The van der Waals surface area contributed by atoms with E-state index in [0.717, 1.165) is 47.0 Å². The average molecular weight is 550 g/mol. The van der Waals surface area contributed by atoms with E-state index in [4.69, 9.17) is 29.1 Å². The first-order chi connectivity index (χ1) is 18.9. The Morgan fingerprint density at radius 3 is 2.62 bits per heavy atom. The van der Waals surface area contributed by atoms with Crippen LogP contribution in [0.1, 0.15) is 24.8 Å². The van der Waals surface area contributed by atoms with Crippen LogP contribution in [0.15, 0.2) is 77.8 Å². The van der Waals surface area contributed by atoms with Gasteiger partial charge in [0.05, 0.1) is 22.7 Å². The summed E-state index contributed by atoms with van der Waals surface area (Å²) in [5, 5.41) is 0.894. The molecule has 2 aromatic carbocycles. The molecule has 1 aliphatic heterocycles. The van der Waals surface area contributed by atoms with E-state index < -0.39 is 22.5 Å². The van der Waals surface area contributed by atoms with E-state index in [1.807, 2.05) is 43.3 Å². The van der Waals surface area contributed by atoms with Gasteiger partial charge in [-0.2, -0.15) is 8.42 Å². The number of aromatic nitrogens is 2. The van der Waals surface area contributed by atoms with Gasteiger partial charge >= 0.3 is 0 Å². The van der Waals surface area contributed by atoms with Crippen molar-refractivity contribution >= 4 is 26.8 Å². The standard InChI is InChI=1S/C29H31N3O6S/c1-20-5-10-25(11-6-20)39(33,34)37-19-24(38-29-4-2-3-15-35-29)18-36-23-9-13-26-21(16-23)7-12-27(32-26)22-8-14-28(30)31-17-22/h5-14,16-17,24,29H,2-4,15,18-19H2,1H3,(H2,30,31).